The van der Waals surface area contributed by atoms with Gasteiger partial charge in [-0.25, -0.2) is 4.39 Å². The molecule has 0 aromatic heterocycles. The second kappa shape index (κ2) is 13.2. The van der Waals surface area contributed by atoms with E-state index in [4.69, 9.17) is 9.47 Å². The van der Waals surface area contributed by atoms with E-state index < -0.39 is 0 Å². The molecule has 8 heteroatoms. The zero-order chi connectivity index (χ0) is 18.2. The predicted molar refractivity (Wildman–Crippen MR) is 116 cm³/mol. The van der Waals surface area contributed by atoms with Gasteiger partial charge in [0.25, 0.3) is 0 Å². The predicted octanol–water partition coefficient (Wildman–Crippen LogP) is 4.67. The molecule has 0 radical (unpaired) electrons. The minimum Gasteiger partial charge on any atom is -0.493 e. The van der Waals surface area contributed by atoms with E-state index in [9.17, 15) is 4.39 Å². The fraction of sp³-hybridized carbons (Fsp3) is 0.368. The number of benzene rings is 2. The van der Waals surface area contributed by atoms with Crippen molar-refractivity contribution in [3.63, 3.8) is 0 Å². The standard InChI is InChI=1S/C19H24BrFN2O2.2ClH/c1-23(2)9-8-22-12-14-10-16(20)19(18(11-14)24-3)25-13-15-6-4-5-7-17(15)21;;/h4-7,10-11,22H,8-9,12-13H2,1-3H3;2*1H. The van der Waals surface area contributed by atoms with Gasteiger partial charge < -0.3 is 19.7 Å². The van der Waals surface area contributed by atoms with Crippen LogP contribution >= 0.6 is 40.7 Å². The van der Waals surface area contributed by atoms with Gasteiger partial charge in [0.05, 0.1) is 11.6 Å². The maximum absolute atomic E-state index is 13.7. The van der Waals surface area contributed by atoms with Crippen LogP contribution in [-0.2, 0) is 13.2 Å². The zero-order valence-electron chi connectivity index (χ0n) is 15.6. The lowest BCUT2D eigenvalue weighted by atomic mass is 10.2. The van der Waals surface area contributed by atoms with Crippen molar-refractivity contribution >= 4 is 40.7 Å². The Balaban J connectivity index is 0.00000338. The third kappa shape index (κ3) is 8.23. The highest BCUT2D eigenvalue weighted by Gasteiger charge is 2.13. The number of nitrogens with zero attached hydrogens (tertiary/aromatic N) is 1. The van der Waals surface area contributed by atoms with E-state index >= 15 is 0 Å². The van der Waals surface area contributed by atoms with E-state index in [2.05, 4.69) is 26.1 Å². The van der Waals surface area contributed by atoms with Gasteiger partial charge in [0.15, 0.2) is 11.5 Å². The number of halogens is 4. The summed E-state index contributed by atoms with van der Waals surface area (Å²) in [6.45, 7) is 2.75. The minimum absolute atomic E-state index is 0. The third-order valence-electron chi connectivity index (χ3n) is 3.68. The average Bonchev–Trinajstić information content (AvgIpc) is 2.58. The summed E-state index contributed by atoms with van der Waals surface area (Å²) in [7, 11) is 5.69. The quantitative estimate of drug-likeness (QED) is 0.525. The number of hydrogen-bond acceptors (Lipinski definition) is 4. The van der Waals surface area contributed by atoms with Gasteiger partial charge in [-0.05, 0) is 53.8 Å². The Bertz CT molecular complexity index is 705. The first-order valence-corrected chi connectivity index (χ1v) is 8.88. The first-order valence-electron chi connectivity index (χ1n) is 8.09. The van der Waals surface area contributed by atoms with E-state index in [1.165, 1.54) is 6.07 Å². The molecule has 2 aromatic rings. The number of methoxy groups -OCH3 is 1. The highest BCUT2D eigenvalue weighted by molar-refractivity contribution is 9.10. The minimum atomic E-state index is -0.278. The summed E-state index contributed by atoms with van der Waals surface area (Å²) in [6, 6.07) is 10.5. The SMILES string of the molecule is COc1cc(CNCCN(C)C)cc(Br)c1OCc1ccccc1F.Cl.Cl. The molecule has 4 nitrogen and oxygen atoms in total. The second-order valence-electron chi connectivity index (χ2n) is 5.97. The molecule has 2 aromatic carbocycles. The van der Waals surface area contributed by atoms with Crippen LogP contribution in [0.5, 0.6) is 11.5 Å². The number of ether oxygens (including phenoxy) is 2. The summed E-state index contributed by atoms with van der Waals surface area (Å²) < 4.78 is 25.8. The molecule has 0 bridgehead atoms. The lowest BCUT2D eigenvalue weighted by Crippen LogP contribution is -2.26. The highest BCUT2D eigenvalue weighted by atomic mass is 79.9. The van der Waals surface area contributed by atoms with Gasteiger partial charge in [-0.15, -0.1) is 24.8 Å². The van der Waals surface area contributed by atoms with Gasteiger partial charge in [-0.2, -0.15) is 0 Å². The first-order chi connectivity index (χ1) is 12.0. The molecule has 0 fully saturated rings. The number of nitrogens with one attached hydrogen (secondary N) is 1. The molecule has 0 saturated carbocycles. The Hall–Kier alpha value is -1.05. The maximum Gasteiger partial charge on any atom is 0.175 e. The summed E-state index contributed by atoms with van der Waals surface area (Å²) in [6.07, 6.45) is 0. The Morgan fingerprint density at radius 1 is 1.15 bits per heavy atom. The van der Waals surface area contributed by atoms with Gasteiger partial charge in [0.1, 0.15) is 12.4 Å². The van der Waals surface area contributed by atoms with Gasteiger partial charge in [-0.1, -0.05) is 18.2 Å². The number of rotatable bonds is 9. The molecule has 27 heavy (non-hydrogen) atoms. The number of hydrogen-bond donors (Lipinski definition) is 1. The lowest BCUT2D eigenvalue weighted by molar-refractivity contribution is 0.277. The van der Waals surface area contributed by atoms with Crippen LogP contribution < -0.4 is 14.8 Å². The van der Waals surface area contributed by atoms with Gasteiger partial charge in [0, 0.05) is 25.2 Å². The Kier molecular flexibility index (Phi) is 12.7. The van der Waals surface area contributed by atoms with Crippen LogP contribution in [0.2, 0.25) is 0 Å². The van der Waals surface area contributed by atoms with E-state index in [0.717, 1.165) is 29.7 Å². The molecule has 152 valence electrons. The fourth-order valence-corrected chi connectivity index (χ4v) is 2.92. The van der Waals surface area contributed by atoms with Crippen molar-refractivity contribution in [3.05, 3.63) is 57.8 Å². The van der Waals surface area contributed by atoms with Crippen LogP contribution in [-0.4, -0.2) is 39.2 Å². The molecule has 0 heterocycles. The van der Waals surface area contributed by atoms with Crippen LogP contribution in [0.4, 0.5) is 4.39 Å². The third-order valence-corrected chi connectivity index (χ3v) is 4.27. The average molecular weight is 484 g/mol. The summed E-state index contributed by atoms with van der Waals surface area (Å²) in [5.41, 5.74) is 1.59. The van der Waals surface area contributed by atoms with Crippen LogP contribution in [0.25, 0.3) is 0 Å². The molecule has 0 spiro atoms. The normalized spacial score (nSPS) is 10.1. The molecule has 2 rings (SSSR count). The summed E-state index contributed by atoms with van der Waals surface area (Å²) in [5, 5.41) is 3.39. The molecular weight excluding hydrogens is 458 g/mol. The first kappa shape index (κ1) is 26.0. The summed E-state index contributed by atoms with van der Waals surface area (Å²) in [5.74, 6) is 0.914. The largest absolute Gasteiger partial charge is 0.493 e. The van der Waals surface area contributed by atoms with E-state index in [1.54, 1.807) is 25.3 Å². The van der Waals surface area contributed by atoms with Gasteiger partial charge in [-0.3, -0.25) is 0 Å². The van der Waals surface area contributed by atoms with Crippen molar-refractivity contribution < 1.29 is 13.9 Å². The van der Waals surface area contributed by atoms with E-state index in [0.29, 0.717) is 17.1 Å². The molecule has 0 atom stereocenters. The molecule has 0 aliphatic carbocycles. The molecular formula is C19H26BrCl2FN2O2. The summed E-state index contributed by atoms with van der Waals surface area (Å²) in [4.78, 5) is 2.13. The Morgan fingerprint density at radius 2 is 1.85 bits per heavy atom. The number of likely N-dealkylation sites (N-methyl/N-ethyl adjacent to an activating group) is 1. The second-order valence-corrected chi connectivity index (χ2v) is 6.82. The topological polar surface area (TPSA) is 33.7 Å². The molecule has 1 N–H and O–H groups in total. The summed E-state index contributed by atoms with van der Waals surface area (Å²) >= 11 is 3.53. The van der Waals surface area contributed by atoms with Crippen molar-refractivity contribution in [2.24, 2.45) is 0 Å². The van der Waals surface area contributed by atoms with Crippen LogP contribution in [0, 0.1) is 5.82 Å². The van der Waals surface area contributed by atoms with Crippen molar-refractivity contribution in [3.8, 4) is 11.5 Å². The molecule has 0 unspecified atom stereocenters. The van der Waals surface area contributed by atoms with Crippen molar-refractivity contribution in [2.45, 2.75) is 13.2 Å². The van der Waals surface area contributed by atoms with E-state index in [1.807, 2.05) is 26.2 Å². The molecule has 0 saturated heterocycles. The van der Waals surface area contributed by atoms with Crippen LogP contribution in [0.3, 0.4) is 0 Å². The van der Waals surface area contributed by atoms with Crippen molar-refractivity contribution in [2.75, 3.05) is 34.3 Å². The fourth-order valence-electron chi connectivity index (χ4n) is 2.32. The van der Waals surface area contributed by atoms with E-state index in [-0.39, 0.29) is 37.2 Å². The lowest BCUT2D eigenvalue weighted by Gasteiger charge is -2.15. The van der Waals surface area contributed by atoms with Crippen molar-refractivity contribution in [1.29, 1.82) is 0 Å². The van der Waals surface area contributed by atoms with Crippen LogP contribution in [0.1, 0.15) is 11.1 Å². The van der Waals surface area contributed by atoms with Gasteiger partial charge >= 0.3 is 0 Å². The van der Waals surface area contributed by atoms with Crippen molar-refractivity contribution in [1.82, 2.24) is 10.2 Å². The Labute approximate surface area is 181 Å². The smallest absolute Gasteiger partial charge is 0.175 e. The van der Waals surface area contributed by atoms with Crippen LogP contribution in [0.15, 0.2) is 40.9 Å². The monoisotopic (exact) mass is 482 g/mol. The highest BCUT2D eigenvalue weighted by Crippen LogP contribution is 2.37. The zero-order valence-corrected chi connectivity index (χ0v) is 18.8. The maximum atomic E-state index is 13.7. The Morgan fingerprint density at radius 3 is 2.48 bits per heavy atom. The molecule has 0 amide bonds. The molecule has 0 aliphatic rings. The molecule has 0 aliphatic heterocycles. The van der Waals surface area contributed by atoms with Gasteiger partial charge in [0.2, 0.25) is 0 Å².